The van der Waals surface area contributed by atoms with E-state index in [0.29, 0.717) is 5.69 Å². The molecule has 134 valence electrons. The highest BCUT2D eigenvalue weighted by Crippen LogP contribution is 2.13. The molecule has 0 unspecified atom stereocenters. The topological polar surface area (TPSA) is 81.1 Å². The van der Waals surface area contributed by atoms with Crippen LogP contribution in [-0.2, 0) is 16.6 Å². The highest BCUT2D eigenvalue weighted by Gasteiger charge is 2.13. The standard InChI is InChI=1S/C18H16IN3O3S/c19-15-6-8-16(9-7-15)26(24,25)21-10-11-22-13-20-17(12-18(22)23)14-4-2-1-3-5-14/h1-9,12-13,21H,10-11H2. The van der Waals surface area contributed by atoms with Gasteiger partial charge in [0.25, 0.3) is 5.56 Å². The zero-order chi connectivity index (χ0) is 18.6. The lowest BCUT2D eigenvalue weighted by molar-refractivity contribution is 0.569. The third kappa shape index (κ3) is 4.57. The number of rotatable bonds is 6. The van der Waals surface area contributed by atoms with Gasteiger partial charge in [-0.15, -0.1) is 0 Å². The molecule has 0 bridgehead atoms. The van der Waals surface area contributed by atoms with Gasteiger partial charge in [-0.1, -0.05) is 30.3 Å². The second-order valence-corrected chi connectivity index (χ2v) is 8.54. The average molecular weight is 481 g/mol. The fourth-order valence-electron chi connectivity index (χ4n) is 2.36. The van der Waals surface area contributed by atoms with Gasteiger partial charge in [-0.3, -0.25) is 9.36 Å². The van der Waals surface area contributed by atoms with Crippen molar-refractivity contribution in [1.29, 1.82) is 0 Å². The molecule has 0 aliphatic heterocycles. The highest BCUT2D eigenvalue weighted by molar-refractivity contribution is 14.1. The molecule has 6 nitrogen and oxygen atoms in total. The van der Waals surface area contributed by atoms with Gasteiger partial charge in [0.15, 0.2) is 0 Å². The summed E-state index contributed by atoms with van der Waals surface area (Å²) in [7, 11) is -3.60. The van der Waals surface area contributed by atoms with Crippen molar-refractivity contribution in [2.45, 2.75) is 11.4 Å². The smallest absolute Gasteiger partial charge is 0.253 e. The van der Waals surface area contributed by atoms with Crippen LogP contribution in [0.5, 0.6) is 0 Å². The van der Waals surface area contributed by atoms with Crippen molar-refractivity contribution >= 4 is 32.6 Å². The van der Waals surface area contributed by atoms with Gasteiger partial charge in [0.1, 0.15) is 0 Å². The maximum absolute atomic E-state index is 12.2. The molecule has 0 radical (unpaired) electrons. The summed E-state index contributed by atoms with van der Waals surface area (Å²) in [5, 5.41) is 0. The van der Waals surface area contributed by atoms with Crippen molar-refractivity contribution < 1.29 is 8.42 Å². The predicted octanol–water partition coefficient (Wildman–Crippen LogP) is 2.49. The first-order chi connectivity index (χ1) is 12.5. The largest absolute Gasteiger partial charge is 0.298 e. The van der Waals surface area contributed by atoms with Crippen LogP contribution in [0.4, 0.5) is 0 Å². The fraction of sp³-hybridized carbons (Fsp3) is 0.111. The second-order valence-electron chi connectivity index (χ2n) is 5.52. The Morgan fingerprint density at radius 2 is 1.73 bits per heavy atom. The van der Waals surface area contributed by atoms with Crippen LogP contribution in [0, 0.1) is 3.57 Å². The number of benzene rings is 2. The van der Waals surface area contributed by atoms with E-state index in [-0.39, 0.29) is 23.5 Å². The van der Waals surface area contributed by atoms with Crippen molar-refractivity contribution in [1.82, 2.24) is 14.3 Å². The number of hydrogen-bond acceptors (Lipinski definition) is 4. The van der Waals surface area contributed by atoms with Crippen molar-refractivity contribution in [3.63, 3.8) is 0 Å². The lowest BCUT2D eigenvalue weighted by Gasteiger charge is -2.09. The Balaban J connectivity index is 1.67. The summed E-state index contributed by atoms with van der Waals surface area (Å²) in [6.45, 7) is 0.297. The molecular formula is C18H16IN3O3S. The van der Waals surface area contributed by atoms with Gasteiger partial charge in [0, 0.05) is 28.3 Å². The molecule has 0 atom stereocenters. The number of nitrogens with zero attached hydrogens (tertiary/aromatic N) is 2. The van der Waals surface area contributed by atoms with Gasteiger partial charge in [-0.2, -0.15) is 0 Å². The Labute approximate surface area is 165 Å². The van der Waals surface area contributed by atoms with Gasteiger partial charge in [-0.25, -0.2) is 18.1 Å². The minimum absolute atomic E-state index is 0.0978. The number of aromatic nitrogens is 2. The Kier molecular flexibility index (Phi) is 5.84. The Bertz CT molecular complexity index is 1050. The molecule has 0 aliphatic rings. The van der Waals surface area contributed by atoms with Gasteiger partial charge in [-0.05, 0) is 46.9 Å². The first-order valence-corrected chi connectivity index (χ1v) is 10.4. The van der Waals surface area contributed by atoms with E-state index < -0.39 is 10.0 Å². The van der Waals surface area contributed by atoms with Gasteiger partial charge in [0.2, 0.25) is 10.0 Å². The maximum Gasteiger partial charge on any atom is 0.253 e. The number of halogens is 1. The fourth-order valence-corrected chi connectivity index (χ4v) is 3.74. The van der Waals surface area contributed by atoms with Crippen LogP contribution in [0.2, 0.25) is 0 Å². The summed E-state index contributed by atoms with van der Waals surface area (Å²) in [5.41, 5.74) is 1.22. The summed E-state index contributed by atoms with van der Waals surface area (Å²) in [6.07, 6.45) is 1.43. The van der Waals surface area contributed by atoms with Crippen molar-refractivity contribution in [2.75, 3.05) is 6.54 Å². The molecule has 3 rings (SSSR count). The van der Waals surface area contributed by atoms with E-state index in [1.807, 2.05) is 30.3 Å². The number of sulfonamides is 1. The predicted molar refractivity (Wildman–Crippen MR) is 108 cm³/mol. The molecular weight excluding hydrogens is 465 g/mol. The summed E-state index contributed by atoms with van der Waals surface area (Å²) >= 11 is 2.11. The second kappa shape index (κ2) is 8.11. The van der Waals surface area contributed by atoms with E-state index in [0.717, 1.165) is 9.13 Å². The molecule has 0 fully saturated rings. The molecule has 0 saturated heterocycles. The molecule has 1 aromatic heterocycles. The van der Waals surface area contributed by atoms with Crippen LogP contribution < -0.4 is 10.3 Å². The normalized spacial score (nSPS) is 11.4. The quantitative estimate of drug-likeness (QED) is 0.549. The van der Waals surface area contributed by atoms with Gasteiger partial charge < -0.3 is 0 Å². The van der Waals surface area contributed by atoms with Crippen molar-refractivity contribution in [3.05, 3.63) is 80.9 Å². The van der Waals surface area contributed by atoms with Crippen LogP contribution in [0.25, 0.3) is 11.3 Å². The molecule has 0 amide bonds. The molecule has 2 aromatic carbocycles. The first-order valence-electron chi connectivity index (χ1n) is 7.83. The van der Waals surface area contributed by atoms with Crippen LogP contribution in [0.15, 0.2) is 76.7 Å². The zero-order valence-electron chi connectivity index (χ0n) is 13.7. The minimum Gasteiger partial charge on any atom is -0.298 e. The van der Waals surface area contributed by atoms with Gasteiger partial charge >= 0.3 is 0 Å². The Morgan fingerprint density at radius 3 is 2.38 bits per heavy atom. The Hall–Kier alpha value is -2.04. The third-order valence-electron chi connectivity index (χ3n) is 3.72. The zero-order valence-corrected chi connectivity index (χ0v) is 16.6. The molecule has 1 N–H and O–H groups in total. The lowest BCUT2D eigenvalue weighted by atomic mass is 10.1. The van der Waals surface area contributed by atoms with Crippen LogP contribution in [0.3, 0.4) is 0 Å². The molecule has 0 saturated carbocycles. The summed E-state index contributed by atoms with van der Waals surface area (Å²) < 4.78 is 29.3. The molecule has 0 spiro atoms. The monoisotopic (exact) mass is 481 g/mol. The molecule has 0 aliphatic carbocycles. The van der Waals surface area contributed by atoms with Crippen molar-refractivity contribution in [2.24, 2.45) is 0 Å². The summed E-state index contributed by atoms with van der Waals surface area (Å²) in [6, 6.07) is 17.4. The van der Waals surface area contributed by atoms with Crippen LogP contribution >= 0.6 is 22.6 Å². The molecule has 26 heavy (non-hydrogen) atoms. The summed E-state index contributed by atoms with van der Waals surface area (Å²) in [4.78, 5) is 16.7. The number of hydrogen-bond donors (Lipinski definition) is 1. The number of nitrogens with one attached hydrogen (secondary N) is 1. The minimum atomic E-state index is -3.60. The van der Waals surface area contributed by atoms with E-state index in [9.17, 15) is 13.2 Å². The SMILES string of the molecule is O=c1cc(-c2ccccc2)ncn1CCNS(=O)(=O)c1ccc(I)cc1. The van der Waals surface area contributed by atoms with E-state index >= 15 is 0 Å². The molecule has 8 heteroatoms. The van der Waals surface area contributed by atoms with Crippen molar-refractivity contribution in [3.8, 4) is 11.3 Å². The lowest BCUT2D eigenvalue weighted by Crippen LogP contribution is -2.30. The third-order valence-corrected chi connectivity index (χ3v) is 5.91. The van der Waals surface area contributed by atoms with Crippen LogP contribution in [-0.4, -0.2) is 24.5 Å². The maximum atomic E-state index is 12.2. The first kappa shape index (κ1) is 18.7. The molecule has 1 heterocycles. The van der Waals surface area contributed by atoms with E-state index in [2.05, 4.69) is 32.3 Å². The average Bonchev–Trinajstić information content (AvgIpc) is 2.64. The van der Waals surface area contributed by atoms with E-state index in [1.165, 1.54) is 17.0 Å². The van der Waals surface area contributed by atoms with Crippen LogP contribution in [0.1, 0.15) is 0 Å². The highest BCUT2D eigenvalue weighted by atomic mass is 127. The van der Waals surface area contributed by atoms with E-state index in [1.54, 1.807) is 24.3 Å². The van der Waals surface area contributed by atoms with E-state index in [4.69, 9.17) is 0 Å². The Morgan fingerprint density at radius 1 is 1.04 bits per heavy atom. The molecule has 3 aromatic rings. The summed E-state index contributed by atoms with van der Waals surface area (Å²) in [5.74, 6) is 0. The van der Waals surface area contributed by atoms with Gasteiger partial charge in [0.05, 0.1) is 16.9 Å².